The van der Waals surface area contributed by atoms with Crippen LogP contribution < -0.4 is 10.6 Å². The summed E-state index contributed by atoms with van der Waals surface area (Å²) in [4.78, 5) is 15.7. The molecule has 3 rings (SSSR count). The highest BCUT2D eigenvalue weighted by atomic mass is 32.2. The number of likely N-dealkylation sites (tertiary alicyclic amines) is 1. The number of piperidine rings is 1. The normalized spacial score (nSPS) is 23.5. The van der Waals surface area contributed by atoms with Gasteiger partial charge < -0.3 is 10.6 Å². The Bertz CT molecular complexity index is 452. The van der Waals surface area contributed by atoms with E-state index in [-0.39, 0.29) is 6.03 Å². The van der Waals surface area contributed by atoms with E-state index in [0.717, 1.165) is 12.6 Å². The van der Waals surface area contributed by atoms with E-state index in [9.17, 15) is 4.79 Å². The lowest BCUT2D eigenvalue weighted by molar-refractivity contribution is 0.143. The van der Waals surface area contributed by atoms with Crippen LogP contribution in [0.4, 0.5) is 4.79 Å². The zero-order chi connectivity index (χ0) is 15.2. The second-order valence-corrected chi connectivity index (χ2v) is 8.32. The Hall–Kier alpha value is -0.720. The molecular formula is C16H25N3OS2. The van der Waals surface area contributed by atoms with Crippen LogP contribution in [-0.4, -0.2) is 48.1 Å². The fourth-order valence-electron chi connectivity index (χ4n) is 3.21. The Morgan fingerprint density at radius 1 is 1.27 bits per heavy atom. The molecule has 3 heterocycles. The number of thiophene rings is 1. The molecule has 4 nitrogen and oxygen atoms in total. The molecule has 2 N–H and O–H groups in total. The molecule has 0 radical (unpaired) electrons. The Morgan fingerprint density at radius 2 is 2.14 bits per heavy atom. The lowest BCUT2D eigenvalue weighted by Crippen LogP contribution is -2.44. The van der Waals surface area contributed by atoms with E-state index < -0.39 is 0 Å². The van der Waals surface area contributed by atoms with Gasteiger partial charge in [-0.05, 0) is 55.5 Å². The van der Waals surface area contributed by atoms with Gasteiger partial charge in [-0.25, -0.2) is 4.79 Å². The van der Waals surface area contributed by atoms with Gasteiger partial charge in [0.1, 0.15) is 0 Å². The standard InChI is InChI=1S/C16H25N3OS2/c20-16(18-11-15-2-1-8-22-15)17-10-13-3-6-19(7-4-13)14-5-9-21-12-14/h1-2,8,13-14H,3-7,9-12H2,(H2,17,18,20). The SMILES string of the molecule is O=C(NCc1cccs1)NCC1CCN(C2CCSC2)CC1. The van der Waals surface area contributed by atoms with Crippen molar-refractivity contribution >= 4 is 29.1 Å². The zero-order valence-corrected chi connectivity index (χ0v) is 14.6. The first-order valence-corrected chi connectivity index (χ1v) is 10.2. The van der Waals surface area contributed by atoms with Crippen LogP contribution in [0.15, 0.2) is 17.5 Å². The first-order chi connectivity index (χ1) is 10.8. The largest absolute Gasteiger partial charge is 0.338 e. The van der Waals surface area contributed by atoms with E-state index in [1.54, 1.807) is 11.3 Å². The van der Waals surface area contributed by atoms with Crippen LogP contribution in [0.1, 0.15) is 24.1 Å². The second-order valence-electron chi connectivity index (χ2n) is 6.14. The van der Waals surface area contributed by atoms with Crippen molar-refractivity contribution in [2.45, 2.75) is 31.8 Å². The zero-order valence-electron chi connectivity index (χ0n) is 12.9. The average Bonchev–Trinajstić information content (AvgIpc) is 3.24. The third-order valence-electron chi connectivity index (χ3n) is 4.63. The third-order valence-corrected chi connectivity index (χ3v) is 6.65. The minimum atomic E-state index is -0.0389. The second kappa shape index (κ2) is 8.22. The quantitative estimate of drug-likeness (QED) is 0.867. The molecule has 0 spiro atoms. The summed E-state index contributed by atoms with van der Waals surface area (Å²) in [6, 6.07) is 4.83. The molecule has 1 aromatic rings. The van der Waals surface area contributed by atoms with Gasteiger partial charge in [0.15, 0.2) is 0 Å². The maximum Gasteiger partial charge on any atom is 0.315 e. The number of hydrogen-bond acceptors (Lipinski definition) is 4. The van der Waals surface area contributed by atoms with Crippen LogP contribution in [0.25, 0.3) is 0 Å². The van der Waals surface area contributed by atoms with Crippen molar-refractivity contribution < 1.29 is 4.79 Å². The van der Waals surface area contributed by atoms with E-state index in [2.05, 4.69) is 27.3 Å². The van der Waals surface area contributed by atoms with Crippen molar-refractivity contribution in [1.82, 2.24) is 15.5 Å². The van der Waals surface area contributed by atoms with E-state index in [4.69, 9.17) is 0 Å². The summed E-state index contributed by atoms with van der Waals surface area (Å²) in [6.07, 6.45) is 3.79. The summed E-state index contributed by atoms with van der Waals surface area (Å²) >= 11 is 3.76. The summed E-state index contributed by atoms with van der Waals surface area (Å²) in [5.74, 6) is 3.28. The lowest BCUT2D eigenvalue weighted by Gasteiger charge is -2.35. The van der Waals surface area contributed by atoms with E-state index in [1.165, 1.54) is 48.7 Å². The highest BCUT2D eigenvalue weighted by molar-refractivity contribution is 7.99. The summed E-state index contributed by atoms with van der Waals surface area (Å²) in [5.41, 5.74) is 0. The number of carbonyl (C=O) groups excluding carboxylic acids is 1. The molecule has 22 heavy (non-hydrogen) atoms. The van der Waals surface area contributed by atoms with Crippen LogP contribution in [-0.2, 0) is 6.54 Å². The van der Waals surface area contributed by atoms with Gasteiger partial charge in [0.25, 0.3) is 0 Å². The fourth-order valence-corrected chi connectivity index (χ4v) is 5.11. The number of thioether (sulfide) groups is 1. The number of nitrogens with zero attached hydrogens (tertiary/aromatic N) is 1. The van der Waals surface area contributed by atoms with Crippen molar-refractivity contribution in [2.24, 2.45) is 5.92 Å². The predicted octanol–water partition coefficient (Wildman–Crippen LogP) is 2.76. The summed E-state index contributed by atoms with van der Waals surface area (Å²) in [6.45, 7) is 3.84. The fraction of sp³-hybridized carbons (Fsp3) is 0.688. The first kappa shape index (κ1) is 16.1. The van der Waals surface area contributed by atoms with Crippen LogP contribution in [0.5, 0.6) is 0 Å². The van der Waals surface area contributed by atoms with E-state index >= 15 is 0 Å². The van der Waals surface area contributed by atoms with Crippen LogP contribution in [0, 0.1) is 5.92 Å². The van der Waals surface area contributed by atoms with Gasteiger partial charge in [0, 0.05) is 23.2 Å². The molecule has 0 bridgehead atoms. The Labute approximate surface area is 141 Å². The first-order valence-electron chi connectivity index (χ1n) is 8.17. The monoisotopic (exact) mass is 339 g/mol. The minimum Gasteiger partial charge on any atom is -0.338 e. The molecular weight excluding hydrogens is 314 g/mol. The number of carbonyl (C=O) groups is 1. The molecule has 0 saturated carbocycles. The molecule has 122 valence electrons. The number of rotatable bonds is 5. The minimum absolute atomic E-state index is 0.0389. The topological polar surface area (TPSA) is 44.4 Å². The molecule has 2 aliphatic heterocycles. The van der Waals surface area contributed by atoms with Gasteiger partial charge >= 0.3 is 6.03 Å². The summed E-state index contributed by atoms with van der Waals surface area (Å²) in [5, 5.41) is 7.99. The van der Waals surface area contributed by atoms with Gasteiger partial charge in [0.05, 0.1) is 6.54 Å². The highest BCUT2D eigenvalue weighted by Gasteiger charge is 2.27. The van der Waals surface area contributed by atoms with Crippen LogP contribution >= 0.6 is 23.1 Å². The van der Waals surface area contributed by atoms with Gasteiger partial charge in [-0.15, -0.1) is 11.3 Å². The van der Waals surface area contributed by atoms with Crippen LogP contribution in [0.3, 0.4) is 0 Å². The number of nitrogens with one attached hydrogen (secondary N) is 2. The molecule has 1 unspecified atom stereocenters. The molecule has 0 aromatic carbocycles. The molecule has 6 heteroatoms. The van der Waals surface area contributed by atoms with Crippen LogP contribution in [0.2, 0.25) is 0 Å². The molecule has 2 aliphatic rings. The maximum absolute atomic E-state index is 11.8. The predicted molar refractivity (Wildman–Crippen MR) is 94.6 cm³/mol. The van der Waals surface area contributed by atoms with Crippen molar-refractivity contribution in [3.05, 3.63) is 22.4 Å². The third kappa shape index (κ3) is 4.64. The molecule has 0 aliphatic carbocycles. The number of urea groups is 1. The molecule has 1 aromatic heterocycles. The Morgan fingerprint density at radius 3 is 2.82 bits per heavy atom. The highest BCUT2D eigenvalue weighted by Crippen LogP contribution is 2.26. The van der Waals surface area contributed by atoms with Gasteiger partial charge in [-0.1, -0.05) is 6.07 Å². The van der Waals surface area contributed by atoms with Crippen molar-refractivity contribution in [3.63, 3.8) is 0 Å². The van der Waals surface area contributed by atoms with E-state index in [0.29, 0.717) is 12.5 Å². The average molecular weight is 340 g/mol. The smallest absolute Gasteiger partial charge is 0.315 e. The van der Waals surface area contributed by atoms with Crippen molar-refractivity contribution in [3.8, 4) is 0 Å². The van der Waals surface area contributed by atoms with Crippen molar-refractivity contribution in [1.29, 1.82) is 0 Å². The van der Waals surface area contributed by atoms with Gasteiger partial charge in [-0.3, -0.25) is 4.90 Å². The van der Waals surface area contributed by atoms with E-state index in [1.807, 2.05) is 17.5 Å². The summed E-state index contributed by atoms with van der Waals surface area (Å²) < 4.78 is 0. The Balaban J connectivity index is 1.30. The lowest BCUT2D eigenvalue weighted by atomic mass is 9.95. The van der Waals surface area contributed by atoms with Gasteiger partial charge in [0.2, 0.25) is 0 Å². The Kier molecular flexibility index (Phi) is 6.04. The molecule has 1 atom stereocenters. The maximum atomic E-state index is 11.8. The summed E-state index contributed by atoms with van der Waals surface area (Å²) in [7, 11) is 0. The molecule has 2 amide bonds. The molecule has 2 fully saturated rings. The number of hydrogen-bond donors (Lipinski definition) is 2. The van der Waals surface area contributed by atoms with Crippen molar-refractivity contribution in [2.75, 3.05) is 31.1 Å². The molecule has 2 saturated heterocycles. The van der Waals surface area contributed by atoms with Gasteiger partial charge in [-0.2, -0.15) is 11.8 Å². The number of amides is 2.